The molecule has 0 aliphatic carbocycles. The lowest BCUT2D eigenvalue weighted by atomic mass is 9.73. The van der Waals surface area contributed by atoms with Crippen molar-refractivity contribution in [1.29, 1.82) is 0 Å². The zero-order valence-electron chi connectivity index (χ0n) is 16.1. The molecular weight excluding hydrogens is 378 g/mol. The highest BCUT2D eigenvalue weighted by atomic mass is 32.1. The van der Waals surface area contributed by atoms with Crippen LogP contribution in [0.4, 0.5) is 0 Å². The number of hydrogen-bond donors (Lipinski definition) is 2. The van der Waals surface area contributed by atoms with E-state index >= 15 is 0 Å². The maximum absolute atomic E-state index is 12.5. The summed E-state index contributed by atoms with van der Waals surface area (Å²) in [6, 6.07) is 1.78. The highest BCUT2D eigenvalue weighted by Gasteiger charge is 2.53. The molecule has 2 N–H and O–H groups in total. The van der Waals surface area contributed by atoms with Crippen molar-refractivity contribution in [2.45, 2.75) is 56.5 Å². The summed E-state index contributed by atoms with van der Waals surface area (Å²) in [6.45, 7) is 5.18. The Morgan fingerprint density at radius 1 is 1.43 bits per heavy atom. The largest absolute Gasteiger partial charge is 0.388 e. The highest BCUT2D eigenvalue weighted by Crippen LogP contribution is 2.40. The second-order valence-corrected chi connectivity index (χ2v) is 8.70. The van der Waals surface area contributed by atoms with Crippen LogP contribution in [0, 0.1) is 0 Å². The van der Waals surface area contributed by atoms with Crippen molar-refractivity contribution in [3.8, 4) is 0 Å². The molecule has 4 heterocycles. The van der Waals surface area contributed by atoms with Crippen LogP contribution >= 0.6 is 11.5 Å². The highest BCUT2D eigenvalue weighted by molar-refractivity contribution is 7.03. The van der Waals surface area contributed by atoms with Crippen molar-refractivity contribution < 1.29 is 14.6 Å². The van der Waals surface area contributed by atoms with Gasteiger partial charge in [-0.05, 0) is 49.3 Å². The van der Waals surface area contributed by atoms with Crippen molar-refractivity contribution in [3.05, 3.63) is 35.6 Å². The number of hydrogen-bond acceptors (Lipinski definition) is 7. The third-order valence-electron chi connectivity index (χ3n) is 5.99. The van der Waals surface area contributed by atoms with Gasteiger partial charge in [-0.1, -0.05) is 0 Å². The van der Waals surface area contributed by atoms with Crippen LogP contribution in [-0.2, 0) is 22.6 Å². The van der Waals surface area contributed by atoms with Gasteiger partial charge in [0.25, 0.3) is 0 Å². The van der Waals surface area contributed by atoms with Gasteiger partial charge >= 0.3 is 0 Å². The van der Waals surface area contributed by atoms with Gasteiger partial charge < -0.3 is 15.2 Å². The Kier molecular flexibility index (Phi) is 5.50. The number of amides is 1. The van der Waals surface area contributed by atoms with E-state index < -0.39 is 17.2 Å². The molecule has 8 nitrogen and oxygen atoms in total. The summed E-state index contributed by atoms with van der Waals surface area (Å²) in [5.74, 6) is -0.148. The van der Waals surface area contributed by atoms with Crippen molar-refractivity contribution >= 4 is 17.4 Å². The molecule has 0 aromatic carbocycles. The maximum Gasteiger partial charge on any atom is 0.242 e. The smallest absolute Gasteiger partial charge is 0.242 e. The lowest BCUT2D eigenvalue weighted by Crippen LogP contribution is -2.69. The number of carbonyl (C=O) groups excluding carboxylic acids is 1. The van der Waals surface area contributed by atoms with Crippen LogP contribution < -0.4 is 5.32 Å². The number of nitrogens with one attached hydrogen (secondary N) is 1. The Morgan fingerprint density at radius 3 is 2.93 bits per heavy atom. The van der Waals surface area contributed by atoms with Gasteiger partial charge in [0, 0.05) is 50.2 Å². The first-order chi connectivity index (χ1) is 13.5. The van der Waals surface area contributed by atoms with Gasteiger partial charge in [-0.25, -0.2) is 4.37 Å². The van der Waals surface area contributed by atoms with Crippen LogP contribution in [0.5, 0.6) is 0 Å². The van der Waals surface area contributed by atoms with Crippen LogP contribution in [-0.4, -0.2) is 67.0 Å². The molecule has 2 aliphatic heterocycles. The van der Waals surface area contributed by atoms with Crippen LogP contribution in [0.2, 0.25) is 0 Å². The Labute approximate surface area is 168 Å². The first-order valence-corrected chi connectivity index (χ1v) is 10.5. The summed E-state index contributed by atoms with van der Waals surface area (Å²) < 4.78 is 11.9. The SMILES string of the molecule is C[C@]1(NC(=O)Cn2cccn2)CCOC2(CCN(Cc3cnsc3)CC2)[C@@H]1O. The van der Waals surface area contributed by atoms with E-state index in [0.717, 1.165) is 32.5 Å². The molecule has 4 rings (SSSR count). The fourth-order valence-electron chi connectivity index (χ4n) is 4.36. The van der Waals surface area contributed by atoms with E-state index in [0.29, 0.717) is 13.0 Å². The molecule has 2 aromatic rings. The summed E-state index contributed by atoms with van der Waals surface area (Å²) in [7, 11) is 0. The number of piperidine rings is 1. The standard InChI is InChI=1S/C19H27N5O3S/c1-18(22-16(25)13-24-7-2-6-20-24)5-10-27-19(17(18)26)3-8-23(9-4-19)12-15-11-21-28-14-15/h2,6-7,11,14,17,26H,3-5,8-10,12-13H2,1H3,(H,22,25)/t17-,18+/m1/s1. The number of rotatable bonds is 5. The van der Waals surface area contributed by atoms with E-state index in [2.05, 4.69) is 25.1 Å². The van der Waals surface area contributed by atoms with Gasteiger partial charge in [0.05, 0.1) is 11.1 Å². The number of likely N-dealkylation sites (tertiary alicyclic amines) is 1. The van der Waals surface area contributed by atoms with Crippen molar-refractivity contribution in [2.24, 2.45) is 0 Å². The Bertz CT molecular complexity index is 774. The minimum Gasteiger partial charge on any atom is -0.388 e. The molecule has 0 saturated carbocycles. The third-order valence-corrected chi connectivity index (χ3v) is 6.63. The molecule has 0 radical (unpaired) electrons. The summed E-state index contributed by atoms with van der Waals surface area (Å²) in [4.78, 5) is 14.9. The molecule has 1 amide bonds. The van der Waals surface area contributed by atoms with Crippen molar-refractivity contribution in [3.63, 3.8) is 0 Å². The van der Waals surface area contributed by atoms with Gasteiger partial charge in [-0.3, -0.25) is 14.4 Å². The lowest BCUT2D eigenvalue weighted by molar-refractivity contribution is -0.208. The molecule has 0 bridgehead atoms. The average molecular weight is 406 g/mol. The van der Waals surface area contributed by atoms with Crippen LogP contribution in [0.25, 0.3) is 0 Å². The maximum atomic E-state index is 12.5. The van der Waals surface area contributed by atoms with Gasteiger partial charge in [-0.15, -0.1) is 0 Å². The molecular formula is C19H27N5O3S. The monoisotopic (exact) mass is 405 g/mol. The minimum atomic E-state index is -0.750. The van der Waals surface area contributed by atoms with E-state index in [1.807, 2.05) is 13.1 Å². The molecule has 1 spiro atoms. The summed E-state index contributed by atoms with van der Waals surface area (Å²) in [5.41, 5.74) is -0.0843. The lowest BCUT2D eigenvalue weighted by Gasteiger charge is -2.53. The molecule has 2 aliphatic rings. The normalized spacial score (nSPS) is 27.7. The van der Waals surface area contributed by atoms with E-state index in [9.17, 15) is 9.90 Å². The molecule has 9 heteroatoms. The second-order valence-electron chi connectivity index (χ2n) is 8.04. The summed E-state index contributed by atoms with van der Waals surface area (Å²) in [6.07, 6.45) is 6.64. The Balaban J connectivity index is 1.38. The number of carbonyl (C=O) groups is 1. The molecule has 2 aromatic heterocycles. The van der Waals surface area contributed by atoms with Gasteiger partial charge in [-0.2, -0.15) is 5.10 Å². The van der Waals surface area contributed by atoms with Gasteiger partial charge in [0.1, 0.15) is 12.6 Å². The van der Waals surface area contributed by atoms with Gasteiger partial charge in [0.15, 0.2) is 0 Å². The fourth-order valence-corrected chi connectivity index (χ4v) is 4.89. The van der Waals surface area contributed by atoms with E-state index in [1.165, 1.54) is 17.1 Å². The molecule has 152 valence electrons. The average Bonchev–Trinajstić information content (AvgIpc) is 3.36. The predicted octanol–water partition coefficient (Wildman–Crippen LogP) is 1.03. The summed E-state index contributed by atoms with van der Waals surface area (Å²) in [5, 5.41) is 20.4. The number of aliphatic hydroxyl groups is 1. The Morgan fingerprint density at radius 2 is 2.25 bits per heavy atom. The first-order valence-electron chi connectivity index (χ1n) is 9.70. The molecule has 0 unspecified atom stereocenters. The van der Waals surface area contributed by atoms with E-state index in [1.54, 1.807) is 23.1 Å². The zero-order chi connectivity index (χ0) is 19.6. The molecule has 2 saturated heterocycles. The van der Waals surface area contributed by atoms with Crippen LogP contribution in [0.1, 0.15) is 31.7 Å². The second kappa shape index (κ2) is 7.90. The Hall–Kier alpha value is -1.81. The number of aliphatic hydroxyl groups excluding tert-OH is 1. The van der Waals surface area contributed by atoms with Crippen LogP contribution in [0.3, 0.4) is 0 Å². The topological polar surface area (TPSA) is 92.5 Å². The van der Waals surface area contributed by atoms with Crippen molar-refractivity contribution in [2.75, 3.05) is 19.7 Å². The number of ether oxygens (including phenoxy) is 1. The molecule has 2 atom stereocenters. The number of nitrogens with zero attached hydrogens (tertiary/aromatic N) is 4. The molecule has 2 fully saturated rings. The number of aromatic nitrogens is 3. The van der Waals surface area contributed by atoms with Gasteiger partial charge in [0.2, 0.25) is 5.91 Å². The predicted molar refractivity (Wildman–Crippen MR) is 105 cm³/mol. The zero-order valence-corrected chi connectivity index (χ0v) is 16.9. The van der Waals surface area contributed by atoms with E-state index in [-0.39, 0.29) is 12.5 Å². The third kappa shape index (κ3) is 3.98. The quantitative estimate of drug-likeness (QED) is 0.772. The minimum absolute atomic E-state index is 0.144. The first kappa shape index (κ1) is 19.5. The fraction of sp³-hybridized carbons (Fsp3) is 0.632. The summed E-state index contributed by atoms with van der Waals surface area (Å²) >= 11 is 1.47. The van der Waals surface area contributed by atoms with E-state index in [4.69, 9.17) is 4.74 Å². The van der Waals surface area contributed by atoms with Crippen molar-refractivity contribution in [1.82, 2.24) is 24.4 Å². The molecule has 28 heavy (non-hydrogen) atoms. The van der Waals surface area contributed by atoms with Crippen LogP contribution in [0.15, 0.2) is 30.0 Å².